The highest BCUT2D eigenvalue weighted by Crippen LogP contribution is 2.49. The second-order valence-electron chi connectivity index (χ2n) is 7.22. The molecule has 2 N–H and O–H groups in total. The van der Waals surface area contributed by atoms with Crippen LogP contribution in [0.15, 0.2) is 17.5 Å². The summed E-state index contributed by atoms with van der Waals surface area (Å²) >= 11 is 1.32. The maximum Gasteiger partial charge on any atom is 0.341 e. The van der Waals surface area contributed by atoms with Crippen LogP contribution in [0.4, 0.5) is 5.00 Å². The topological polar surface area (TPSA) is 92.7 Å². The Balaban J connectivity index is 1.59. The zero-order valence-electron chi connectivity index (χ0n) is 14.4. The van der Waals surface area contributed by atoms with Crippen molar-refractivity contribution in [3.05, 3.63) is 28.7 Å². The van der Waals surface area contributed by atoms with Crippen LogP contribution in [0.3, 0.4) is 0 Å². The van der Waals surface area contributed by atoms with Gasteiger partial charge in [0.05, 0.1) is 24.0 Å². The molecule has 6 nitrogen and oxygen atoms in total. The first-order chi connectivity index (χ1) is 12.5. The number of hydrogen-bond donors (Lipinski definition) is 2. The average molecular weight is 375 g/mol. The van der Waals surface area contributed by atoms with Gasteiger partial charge in [0.2, 0.25) is 5.91 Å². The smallest absolute Gasteiger partial charge is 0.341 e. The Morgan fingerprint density at radius 2 is 1.92 bits per heavy atom. The molecule has 0 radical (unpaired) electrons. The first-order valence-corrected chi connectivity index (χ1v) is 9.89. The Labute approximate surface area is 155 Å². The zero-order chi connectivity index (χ0) is 18.4. The van der Waals surface area contributed by atoms with Crippen molar-refractivity contribution in [1.29, 1.82) is 0 Å². The lowest BCUT2D eigenvalue weighted by atomic mass is 9.82. The van der Waals surface area contributed by atoms with E-state index in [1.54, 1.807) is 6.92 Å². The molecule has 0 aromatic carbocycles. The van der Waals surface area contributed by atoms with Crippen molar-refractivity contribution in [2.45, 2.75) is 32.1 Å². The molecule has 0 spiro atoms. The molecule has 138 valence electrons. The van der Waals surface area contributed by atoms with Crippen LogP contribution < -0.4 is 5.32 Å². The number of carboxylic acids is 1. The van der Waals surface area contributed by atoms with Crippen LogP contribution in [-0.4, -0.2) is 29.6 Å². The van der Waals surface area contributed by atoms with E-state index in [0.29, 0.717) is 22.9 Å². The third-order valence-electron chi connectivity index (χ3n) is 5.60. The number of ether oxygens (including phenoxy) is 1. The molecule has 7 heteroatoms. The lowest BCUT2D eigenvalue weighted by Crippen LogP contribution is -2.36. The fourth-order valence-corrected chi connectivity index (χ4v) is 5.32. The Bertz CT molecular complexity index is 794. The standard InChI is InChI=1S/C19H21NO5S/c1-2-25-19(24)15-12(9-3-4-9)8-26-17(15)20-16(21)13-10-5-6-11(7-10)14(13)18(22)23/h5-6,8-11,13-14H,2-4,7H2,1H3,(H,20,21)(H,22,23)/t10-,11-,13-,14-/m0/s1. The van der Waals surface area contributed by atoms with Gasteiger partial charge in [-0.05, 0) is 54.9 Å². The Hall–Kier alpha value is -2.15. The summed E-state index contributed by atoms with van der Waals surface area (Å²) in [6.07, 6.45) is 6.64. The second-order valence-corrected chi connectivity index (χ2v) is 8.10. The van der Waals surface area contributed by atoms with E-state index in [1.165, 1.54) is 11.3 Å². The average Bonchev–Trinajstić information content (AvgIpc) is 3.04. The summed E-state index contributed by atoms with van der Waals surface area (Å²) in [5, 5.41) is 14.8. The lowest BCUT2D eigenvalue weighted by molar-refractivity contribution is -0.146. The van der Waals surface area contributed by atoms with Gasteiger partial charge in [-0.3, -0.25) is 9.59 Å². The summed E-state index contributed by atoms with van der Waals surface area (Å²) in [6.45, 7) is 2.02. The number of rotatable bonds is 6. The molecule has 1 aromatic rings. The summed E-state index contributed by atoms with van der Waals surface area (Å²) in [6, 6.07) is 0. The number of hydrogen-bond acceptors (Lipinski definition) is 5. The zero-order valence-corrected chi connectivity index (χ0v) is 15.3. The van der Waals surface area contributed by atoms with Crippen molar-refractivity contribution in [2.24, 2.45) is 23.7 Å². The number of aliphatic carboxylic acids is 1. The molecular formula is C19H21NO5S. The van der Waals surface area contributed by atoms with Crippen LogP contribution >= 0.6 is 11.3 Å². The van der Waals surface area contributed by atoms with Gasteiger partial charge < -0.3 is 15.2 Å². The van der Waals surface area contributed by atoms with Gasteiger partial charge >= 0.3 is 11.9 Å². The van der Waals surface area contributed by atoms with Crippen LogP contribution in [0.2, 0.25) is 0 Å². The Morgan fingerprint density at radius 3 is 2.54 bits per heavy atom. The molecule has 2 fully saturated rings. The summed E-state index contributed by atoms with van der Waals surface area (Å²) in [5.74, 6) is -2.73. The van der Waals surface area contributed by atoms with E-state index in [4.69, 9.17) is 4.74 Å². The third kappa shape index (κ3) is 2.84. The molecule has 4 atom stereocenters. The summed E-state index contributed by atoms with van der Waals surface area (Å²) < 4.78 is 5.17. The maximum absolute atomic E-state index is 12.9. The fourth-order valence-electron chi connectivity index (χ4n) is 4.28. The molecule has 3 aliphatic rings. The minimum Gasteiger partial charge on any atom is -0.481 e. The van der Waals surface area contributed by atoms with Crippen molar-refractivity contribution < 1.29 is 24.2 Å². The van der Waals surface area contributed by atoms with E-state index in [0.717, 1.165) is 18.4 Å². The van der Waals surface area contributed by atoms with Gasteiger partial charge in [-0.25, -0.2) is 4.79 Å². The monoisotopic (exact) mass is 375 g/mol. The predicted molar refractivity (Wildman–Crippen MR) is 96.2 cm³/mol. The molecular weight excluding hydrogens is 354 g/mol. The largest absolute Gasteiger partial charge is 0.481 e. The first-order valence-electron chi connectivity index (χ1n) is 9.01. The fraction of sp³-hybridized carbons (Fsp3) is 0.526. The number of esters is 1. The van der Waals surface area contributed by atoms with Crippen molar-refractivity contribution in [2.75, 3.05) is 11.9 Å². The number of nitrogens with one attached hydrogen (secondary N) is 1. The second kappa shape index (κ2) is 6.54. The molecule has 0 saturated heterocycles. The SMILES string of the molecule is CCOC(=O)c1c(C2CC2)csc1NC(=O)[C@@H]1[C@@H](C(=O)O)[C@H]2C=C[C@H]1C2. The molecule has 2 saturated carbocycles. The van der Waals surface area contributed by atoms with E-state index in [2.05, 4.69) is 5.32 Å². The normalized spacial score (nSPS) is 29.0. The highest BCUT2D eigenvalue weighted by Gasteiger charge is 2.51. The number of allylic oxidation sites excluding steroid dienone is 2. The van der Waals surface area contributed by atoms with Gasteiger partial charge in [0.1, 0.15) is 5.00 Å². The quantitative estimate of drug-likeness (QED) is 0.588. The molecule has 0 aliphatic heterocycles. The number of carbonyl (C=O) groups excluding carboxylic acids is 2. The van der Waals surface area contributed by atoms with Crippen LogP contribution in [0.1, 0.15) is 48.0 Å². The van der Waals surface area contributed by atoms with E-state index < -0.39 is 23.8 Å². The molecule has 1 heterocycles. The van der Waals surface area contributed by atoms with Crippen molar-refractivity contribution in [3.63, 3.8) is 0 Å². The molecule has 3 aliphatic carbocycles. The van der Waals surface area contributed by atoms with Crippen molar-refractivity contribution in [3.8, 4) is 0 Å². The van der Waals surface area contributed by atoms with E-state index in [-0.39, 0.29) is 24.3 Å². The molecule has 26 heavy (non-hydrogen) atoms. The first kappa shape index (κ1) is 17.3. The predicted octanol–water partition coefficient (Wildman–Crippen LogP) is 3.26. The van der Waals surface area contributed by atoms with Crippen molar-refractivity contribution in [1.82, 2.24) is 0 Å². The molecule has 0 unspecified atom stereocenters. The summed E-state index contributed by atoms with van der Waals surface area (Å²) in [5.41, 5.74) is 1.38. The van der Waals surface area contributed by atoms with E-state index in [1.807, 2.05) is 17.5 Å². The summed E-state index contributed by atoms with van der Waals surface area (Å²) in [7, 11) is 0. The maximum atomic E-state index is 12.9. The number of carbonyl (C=O) groups is 3. The molecule has 1 amide bonds. The molecule has 4 rings (SSSR count). The van der Waals surface area contributed by atoms with Gasteiger partial charge in [0.15, 0.2) is 0 Å². The van der Waals surface area contributed by atoms with E-state index >= 15 is 0 Å². The van der Waals surface area contributed by atoms with Crippen LogP contribution in [0, 0.1) is 23.7 Å². The van der Waals surface area contributed by atoms with Crippen LogP contribution in [0.5, 0.6) is 0 Å². The molecule has 2 bridgehead atoms. The van der Waals surface area contributed by atoms with Gasteiger partial charge in [-0.15, -0.1) is 11.3 Å². The number of thiophene rings is 1. The van der Waals surface area contributed by atoms with Gasteiger partial charge in [-0.1, -0.05) is 12.2 Å². The number of carboxylic acid groups (broad SMARTS) is 1. The van der Waals surface area contributed by atoms with Gasteiger partial charge in [0, 0.05) is 0 Å². The third-order valence-corrected chi connectivity index (χ3v) is 6.51. The highest BCUT2D eigenvalue weighted by molar-refractivity contribution is 7.15. The van der Waals surface area contributed by atoms with Gasteiger partial charge in [-0.2, -0.15) is 0 Å². The van der Waals surface area contributed by atoms with E-state index in [9.17, 15) is 19.5 Å². The summed E-state index contributed by atoms with van der Waals surface area (Å²) in [4.78, 5) is 36.9. The van der Waals surface area contributed by atoms with Gasteiger partial charge in [0.25, 0.3) is 0 Å². The number of fused-ring (bicyclic) bond motifs is 2. The van der Waals surface area contributed by atoms with Crippen LogP contribution in [-0.2, 0) is 14.3 Å². The van der Waals surface area contributed by atoms with Crippen molar-refractivity contribution >= 4 is 34.2 Å². The minimum atomic E-state index is -0.933. The Morgan fingerprint density at radius 1 is 1.23 bits per heavy atom. The highest BCUT2D eigenvalue weighted by atomic mass is 32.1. The molecule has 1 aromatic heterocycles. The minimum absolute atomic E-state index is 0.0463. The number of amides is 1. The van der Waals surface area contributed by atoms with Crippen LogP contribution in [0.25, 0.3) is 0 Å². The Kier molecular flexibility index (Phi) is 4.34. The lowest BCUT2D eigenvalue weighted by Gasteiger charge is -2.23. The number of anilines is 1.